The highest BCUT2D eigenvalue weighted by atomic mass is 16.5. The zero-order chi connectivity index (χ0) is 24.5. The number of anilines is 2. The van der Waals surface area contributed by atoms with E-state index < -0.39 is 0 Å². The van der Waals surface area contributed by atoms with Crippen molar-refractivity contribution in [3.8, 4) is 17.2 Å². The summed E-state index contributed by atoms with van der Waals surface area (Å²) in [4.78, 5) is 28.5. The Morgan fingerprint density at radius 1 is 1.03 bits per heavy atom. The van der Waals surface area contributed by atoms with Gasteiger partial charge in [-0.3, -0.25) is 9.59 Å². The Bertz CT molecular complexity index is 991. The van der Waals surface area contributed by atoms with Gasteiger partial charge in [-0.05, 0) is 48.0 Å². The highest BCUT2D eigenvalue weighted by Gasteiger charge is 2.15. The van der Waals surface area contributed by atoms with Crippen LogP contribution in [0.2, 0.25) is 0 Å². The van der Waals surface area contributed by atoms with Gasteiger partial charge >= 0.3 is 0 Å². The molecule has 3 rings (SSSR count). The van der Waals surface area contributed by atoms with Crippen LogP contribution in [0.4, 0.5) is 11.4 Å². The third-order valence-electron chi connectivity index (χ3n) is 5.39. The van der Waals surface area contributed by atoms with Crippen LogP contribution in [0.15, 0.2) is 42.5 Å². The number of ether oxygens (including phenoxy) is 4. The SMILES string of the molecule is COc1cc(/C=C/C(=O)N(C)CC(=O)Nc2ccc(N3CCOCC3)cc2)cc(OC)c1OC. The second kappa shape index (κ2) is 11.9. The summed E-state index contributed by atoms with van der Waals surface area (Å²) in [7, 11) is 6.15. The highest BCUT2D eigenvalue weighted by molar-refractivity contribution is 5.98. The van der Waals surface area contributed by atoms with Crippen LogP contribution in [0.5, 0.6) is 17.2 Å². The first-order chi connectivity index (χ1) is 16.4. The molecule has 2 amide bonds. The van der Waals surface area contributed by atoms with Gasteiger partial charge in [0.05, 0.1) is 41.1 Å². The summed E-state index contributed by atoms with van der Waals surface area (Å²) in [5.74, 6) is 0.852. The van der Waals surface area contributed by atoms with Gasteiger partial charge in [0.25, 0.3) is 0 Å². The van der Waals surface area contributed by atoms with E-state index >= 15 is 0 Å². The topological polar surface area (TPSA) is 89.6 Å². The third-order valence-corrected chi connectivity index (χ3v) is 5.39. The number of benzene rings is 2. The Morgan fingerprint density at radius 3 is 2.21 bits per heavy atom. The fourth-order valence-electron chi connectivity index (χ4n) is 3.56. The summed E-state index contributed by atoms with van der Waals surface area (Å²) in [6, 6.07) is 11.1. The minimum atomic E-state index is -0.313. The van der Waals surface area contributed by atoms with Crippen molar-refractivity contribution in [2.24, 2.45) is 0 Å². The molecule has 9 nitrogen and oxygen atoms in total. The number of carbonyl (C=O) groups is 2. The lowest BCUT2D eigenvalue weighted by Crippen LogP contribution is -2.36. The Labute approximate surface area is 199 Å². The molecule has 0 atom stereocenters. The number of methoxy groups -OCH3 is 3. The minimum absolute atomic E-state index is 0.0797. The second-order valence-electron chi connectivity index (χ2n) is 7.68. The van der Waals surface area contributed by atoms with Crippen LogP contribution in [-0.4, -0.2) is 77.9 Å². The Kier molecular flexibility index (Phi) is 8.75. The molecule has 1 saturated heterocycles. The maximum atomic E-state index is 12.5. The summed E-state index contributed by atoms with van der Waals surface area (Å²) < 4.78 is 21.3. The number of rotatable bonds is 9. The molecule has 1 aliphatic heterocycles. The number of morpholine rings is 1. The van der Waals surface area contributed by atoms with Gasteiger partial charge in [-0.15, -0.1) is 0 Å². The van der Waals surface area contributed by atoms with E-state index in [0.29, 0.717) is 41.7 Å². The monoisotopic (exact) mass is 469 g/mol. The van der Waals surface area contributed by atoms with Gasteiger partial charge in [0, 0.05) is 37.6 Å². The molecule has 1 heterocycles. The van der Waals surface area contributed by atoms with Crippen LogP contribution in [0.3, 0.4) is 0 Å². The Morgan fingerprint density at radius 2 is 1.65 bits per heavy atom. The normalized spacial score (nSPS) is 13.5. The molecular weight excluding hydrogens is 438 g/mol. The molecule has 182 valence electrons. The molecule has 0 radical (unpaired) electrons. The molecule has 1 N–H and O–H groups in total. The molecule has 2 aromatic carbocycles. The number of carbonyl (C=O) groups excluding carboxylic acids is 2. The van der Waals surface area contributed by atoms with Crippen molar-refractivity contribution in [2.45, 2.75) is 0 Å². The summed E-state index contributed by atoms with van der Waals surface area (Å²) in [5, 5.41) is 2.83. The van der Waals surface area contributed by atoms with Gasteiger partial charge in [-0.25, -0.2) is 0 Å². The molecule has 1 fully saturated rings. The van der Waals surface area contributed by atoms with Crippen molar-refractivity contribution in [3.05, 3.63) is 48.0 Å². The van der Waals surface area contributed by atoms with E-state index in [2.05, 4.69) is 10.2 Å². The Hall–Kier alpha value is -3.72. The smallest absolute Gasteiger partial charge is 0.246 e. The molecule has 0 unspecified atom stereocenters. The first-order valence-electron chi connectivity index (χ1n) is 10.9. The largest absolute Gasteiger partial charge is 0.493 e. The third kappa shape index (κ3) is 6.41. The van der Waals surface area contributed by atoms with E-state index in [1.54, 1.807) is 25.3 Å². The molecule has 0 aromatic heterocycles. The average Bonchev–Trinajstić information content (AvgIpc) is 2.87. The van der Waals surface area contributed by atoms with Gasteiger partial charge in [0.15, 0.2) is 11.5 Å². The van der Waals surface area contributed by atoms with Gasteiger partial charge in [-0.2, -0.15) is 0 Å². The minimum Gasteiger partial charge on any atom is -0.493 e. The summed E-state index contributed by atoms with van der Waals surface area (Å²) in [6.45, 7) is 3.05. The zero-order valence-electron chi connectivity index (χ0n) is 20.0. The van der Waals surface area contributed by atoms with Crippen molar-refractivity contribution in [1.29, 1.82) is 0 Å². The predicted octanol–water partition coefficient (Wildman–Crippen LogP) is 2.66. The molecule has 2 aromatic rings. The molecule has 1 aliphatic rings. The first kappa shape index (κ1) is 24.9. The maximum Gasteiger partial charge on any atom is 0.246 e. The fraction of sp³-hybridized carbons (Fsp3) is 0.360. The van der Waals surface area contributed by atoms with Crippen LogP contribution in [0.1, 0.15) is 5.56 Å². The van der Waals surface area contributed by atoms with E-state index in [1.807, 2.05) is 24.3 Å². The first-order valence-corrected chi connectivity index (χ1v) is 10.9. The Balaban J connectivity index is 1.55. The lowest BCUT2D eigenvalue weighted by Gasteiger charge is -2.28. The summed E-state index contributed by atoms with van der Waals surface area (Å²) >= 11 is 0. The van der Waals surface area contributed by atoms with E-state index in [9.17, 15) is 9.59 Å². The standard InChI is InChI=1S/C25H31N3O6/c1-27(24(30)10-5-18-15-21(31-2)25(33-4)22(16-18)32-3)17-23(29)26-19-6-8-20(9-7-19)28-11-13-34-14-12-28/h5-10,15-16H,11-14,17H2,1-4H3,(H,26,29)/b10-5+. The van der Waals surface area contributed by atoms with Crippen LogP contribution in [0, 0.1) is 0 Å². The lowest BCUT2D eigenvalue weighted by molar-refractivity contribution is -0.129. The molecule has 9 heteroatoms. The number of amides is 2. The summed E-state index contributed by atoms with van der Waals surface area (Å²) in [6.07, 6.45) is 3.02. The van der Waals surface area contributed by atoms with E-state index in [0.717, 1.165) is 18.8 Å². The number of likely N-dealkylation sites (N-methyl/N-ethyl adjacent to an activating group) is 1. The highest BCUT2D eigenvalue weighted by Crippen LogP contribution is 2.38. The maximum absolute atomic E-state index is 12.5. The van der Waals surface area contributed by atoms with Crippen molar-refractivity contribution in [1.82, 2.24) is 4.90 Å². The number of hydrogen-bond donors (Lipinski definition) is 1. The number of nitrogens with zero attached hydrogens (tertiary/aromatic N) is 2. The van der Waals surface area contributed by atoms with Gasteiger partial charge in [0.1, 0.15) is 0 Å². The molecule has 34 heavy (non-hydrogen) atoms. The molecule has 0 spiro atoms. The van der Waals surface area contributed by atoms with E-state index in [4.69, 9.17) is 18.9 Å². The zero-order valence-corrected chi connectivity index (χ0v) is 20.0. The fourth-order valence-corrected chi connectivity index (χ4v) is 3.56. The van der Waals surface area contributed by atoms with Crippen molar-refractivity contribution in [2.75, 3.05) is 71.4 Å². The number of nitrogens with one attached hydrogen (secondary N) is 1. The van der Waals surface area contributed by atoms with Crippen molar-refractivity contribution < 1.29 is 28.5 Å². The molecular formula is C25H31N3O6. The average molecular weight is 470 g/mol. The molecule has 0 saturated carbocycles. The van der Waals surface area contributed by atoms with Crippen LogP contribution in [-0.2, 0) is 14.3 Å². The lowest BCUT2D eigenvalue weighted by atomic mass is 10.1. The van der Waals surface area contributed by atoms with Gasteiger partial charge in [0.2, 0.25) is 17.6 Å². The molecule has 0 bridgehead atoms. The second-order valence-corrected chi connectivity index (χ2v) is 7.68. The van der Waals surface area contributed by atoms with Crippen molar-refractivity contribution >= 4 is 29.3 Å². The molecule has 0 aliphatic carbocycles. The predicted molar refractivity (Wildman–Crippen MR) is 131 cm³/mol. The van der Waals surface area contributed by atoms with Crippen LogP contribution >= 0.6 is 0 Å². The van der Waals surface area contributed by atoms with Crippen molar-refractivity contribution in [3.63, 3.8) is 0 Å². The quantitative estimate of drug-likeness (QED) is 0.565. The summed E-state index contributed by atoms with van der Waals surface area (Å²) in [5.41, 5.74) is 2.46. The van der Waals surface area contributed by atoms with Gasteiger partial charge in [-0.1, -0.05) is 0 Å². The van der Waals surface area contributed by atoms with Crippen LogP contribution in [0.25, 0.3) is 6.08 Å². The number of hydrogen-bond acceptors (Lipinski definition) is 7. The van der Waals surface area contributed by atoms with E-state index in [1.165, 1.54) is 32.3 Å². The van der Waals surface area contributed by atoms with Crippen LogP contribution < -0.4 is 24.4 Å². The van der Waals surface area contributed by atoms with E-state index in [-0.39, 0.29) is 18.4 Å². The van der Waals surface area contributed by atoms with Gasteiger partial charge < -0.3 is 34.1 Å².